The van der Waals surface area contributed by atoms with Crippen molar-refractivity contribution in [2.75, 3.05) is 0 Å². The molecular formula is C14H13BrClFN4. The van der Waals surface area contributed by atoms with Gasteiger partial charge >= 0.3 is 0 Å². The Morgan fingerprint density at radius 3 is 2.81 bits per heavy atom. The minimum Gasteiger partial charge on any atom is -0.338 e. The van der Waals surface area contributed by atoms with Crippen molar-refractivity contribution in [2.45, 2.75) is 18.8 Å². The van der Waals surface area contributed by atoms with E-state index in [1.54, 1.807) is 12.3 Å². The molecule has 4 nitrogen and oxygen atoms in total. The highest BCUT2D eigenvalue weighted by Gasteiger charge is 2.13. The molecule has 0 fully saturated rings. The molecule has 21 heavy (non-hydrogen) atoms. The summed E-state index contributed by atoms with van der Waals surface area (Å²) < 4.78 is 18.0. The highest BCUT2D eigenvalue weighted by Crippen LogP contribution is 2.25. The lowest BCUT2D eigenvalue weighted by Crippen LogP contribution is -2.08. The summed E-state index contributed by atoms with van der Waals surface area (Å²) in [5.74, 6) is 1.68. The molecule has 2 aromatic heterocycles. The Bertz CT molecular complexity index is 796. The Balaban J connectivity index is 2.00. The summed E-state index contributed by atoms with van der Waals surface area (Å²) in [4.78, 5) is 8.71. The van der Waals surface area contributed by atoms with E-state index in [1.807, 2.05) is 22.4 Å². The second-order valence-electron chi connectivity index (χ2n) is 4.77. The molecule has 7 heteroatoms. The Kier molecular flexibility index (Phi) is 3.99. The molecule has 0 aliphatic rings. The first-order valence-electron chi connectivity index (χ1n) is 6.46. The predicted molar refractivity (Wildman–Crippen MR) is 83.9 cm³/mol. The van der Waals surface area contributed by atoms with Gasteiger partial charge in [-0.1, -0.05) is 0 Å². The van der Waals surface area contributed by atoms with Crippen LogP contribution in [0.2, 0.25) is 0 Å². The zero-order valence-corrected chi connectivity index (χ0v) is 13.7. The van der Waals surface area contributed by atoms with Crippen LogP contribution in [-0.4, -0.2) is 19.1 Å². The van der Waals surface area contributed by atoms with Crippen molar-refractivity contribution in [2.24, 2.45) is 7.05 Å². The molecule has 110 valence electrons. The highest BCUT2D eigenvalue weighted by molar-refractivity contribution is 9.10. The predicted octanol–water partition coefficient (Wildman–Crippen LogP) is 3.65. The molecule has 0 bridgehead atoms. The lowest BCUT2D eigenvalue weighted by atomic mass is 10.3. The number of halogens is 3. The summed E-state index contributed by atoms with van der Waals surface area (Å²) in [6.45, 7) is 0.696. The van der Waals surface area contributed by atoms with Crippen molar-refractivity contribution in [1.29, 1.82) is 0 Å². The smallest absolute Gasteiger partial charge is 0.139 e. The van der Waals surface area contributed by atoms with Crippen molar-refractivity contribution >= 4 is 38.6 Å². The highest BCUT2D eigenvalue weighted by atomic mass is 79.9. The maximum absolute atomic E-state index is 13.6. The van der Waals surface area contributed by atoms with Crippen molar-refractivity contribution in [3.8, 4) is 0 Å². The van der Waals surface area contributed by atoms with Gasteiger partial charge in [0, 0.05) is 38.5 Å². The average Bonchev–Trinajstić information content (AvgIpc) is 3.01. The van der Waals surface area contributed by atoms with E-state index in [9.17, 15) is 4.39 Å². The SMILES string of the molecule is Cn1ccnc1CCn1c(CCl)nc2cc(F)c(Br)cc21. The van der Waals surface area contributed by atoms with Gasteiger partial charge in [0.05, 0.1) is 21.4 Å². The molecule has 0 N–H and O–H groups in total. The molecule has 0 aliphatic carbocycles. The van der Waals surface area contributed by atoms with E-state index in [0.717, 1.165) is 23.6 Å². The van der Waals surface area contributed by atoms with E-state index in [-0.39, 0.29) is 11.7 Å². The van der Waals surface area contributed by atoms with Crippen LogP contribution in [0.1, 0.15) is 11.6 Å². The maximum atomic E-state index is 13.6. The van der Waals surface area contributed by atoms with E-state index >= 15 is 0 Å². The van der Waals surface area contributed by atoms with E-state index in [4.69, 9.17) is 11.6 Å². The number of fused-ring (bicyclic) bond motifs is 1. The van der Waals surface area contributed by atoms with Crippen LogP contribution < -0.4 is 0 Å². The van der Waals surface area contributed by atoms with Gasteiger partial charge in [0.25, 0.3) is 0 Å². The van der Waals surface area contributed by atoms with Gasteiger partial charge in [-0.15, -0.1) is 11.6 Å². The average molecular weight is 372 g/mol. The topological polar surface area (TPSA) is 35.6 Å². The van der Waals surface area contributed by atoms with Gasteiger partial charge in [-0.05, 0) is 22.0 Å². The summed E-state index contributed by atoms with van der Waals surface area (Å²) in [5, 5.41) is 0. The molecule has 2 heterocycles. The molecule has 0 saturated carbocycles. The molecule has 0 saturated heterocycles. The van der Waals surface area contributed by atoms with Crippen molar-refractivity contribution in [3.63, 3.8) is 0 Å². The molecule has 3 aromatic rings. The molecule has 0 atom stereocenters. The van der Waals surface area contributed by atoms with Crippen LogP contribution in [0.25, 0.3) is 11.0 Å². The third-order valence-electron chi connectivity index (χ3n) is 3.47. The number of benzene rings is 1. The fraction of sp³-hybridized carbons (Fsp3) is 0.286. The van der Waals surface area contributed by atoms with Crippen molar-refractivity contribution < 1.29 is 4.39 Å². The van der Waals surface area contributed by atoms with Crippen LogP contribution in [0.15, 0.2) is 29.0 Å². The Labute approximate surface area is 134 Å². The van der Waals surface area contributed by atoms with Gasteiger partial charge in [-0.25, -0.2) is 14.4 Å². The zero-order valence-electron chi connectivity index (χ0n) is 11.4. The van der Waals surface area contributed by atoms with Gasteiger partial charge in [-0.2, -0.15) is 0 Å². The van der Waals surface area contributed by atoms with Crippen LogP contribution >= 0.6 is 27.5 Å². The summed E-state index contributed by atoms with van der Waals surface area (Å²) >= 11 is 9.18. The van der Waals surface area contributed by atoms with Gasteiger partial charge in [0.15, 0.2) is 0 Å². The zero-order chi connectivity index (χ0) is 15.0. The van der Waals surface area contributed by atoms with E-state index < -0.39 is 0 Å². The van der Waals surface area contributed by atoms with Crippen LogP contribution in [0.5, 0.6) is 0 Å². The van der Waals surface area contributed by atoms with E-state index in [2.05, 4.69) is 25.9 Å². The molecule has 3 rings (SSSR count). The van der Waals surface area contributed by atoms with E-state index in [0.29, 0.717) is 16.5 Å². The normalized spacial score (nSPS) is 11.4. The molecule has 0 amide bonds. The number of alkyl halides is 1. The molecule has 0 aliphatic heterocycles. The summed E-state index contributed by atoms with van der Waals surface area (Å²) in [6.07, 6.45) is 4.44. The molecule has 0 radical (unpaired) electrons. The van der Waals surface area contributed by atoms with Gasteiger partial charge < -0.3 is 9.13 Å². The number of imidazole rings is 2. The van der Waals surface area contributed by atoms with E-state index in [1.165, 1.54) is 6.07 Å². The molecule has 0 unspecified atom stereocenters. The van der Waals surface area contributed by atoms with Crippen LogP contribution in [0.3, 0.4) is 0 Å². The number of hydrogen-bond acceptors (Lipinski definition) is 2. The summed E-state index contributed by atoms with van der Waals surface area (Å²) in [6, 6.07) is 3.17. The van der Waals surface area contributed by atoms with Gasteiger partial charge in [0.2, 0.25) is 0 Å². The first-order chi connectivity index (χ1) is 10.1. The number of hydrogen-bond donors (Lipinski definition) is 0. The quantitative estimate of drug-likeness (QED) is 0.656. The van der Waals surface area contributed by atoms with Crippen LogP contribution in [-0.2, 0) is 25.9 Å². The standard InChI is InChI=1S/C14H13BrClFN4/c1-20-5-3-18-13(20)2-4-21-12-6-9(15)10(17)7-11(12)19-14(21)8-16/h3,5-7H,2,4,8H2,1H3. The fourth-order valence-corrected chi connectivity index (χ4v) is 2.91. The molecular weight excluding hydrogens is 359 g/mol. The Morgan fingerprint density at radius 1 is 1.33 bits per heavy atom. The number of rotatable bonds is 4. The second kappa shape index (κ2) is 5.77. The van der Waals surface area contributed by atoms with Gasteiger partial charge in [0.1, 0.15) is 17.5 Å². The Morgan fingerprint density at radius 2 is 2.14 bits per heavy atom. The summed E-state index contributed by atoms with van der Waals surface area (Å²) in [7, 11) is 1.96. The van der Waals surface area contributed by atoms with Crippen molar-refractivity contribution in [3.05, 3.63) is 46.5 Å². The van der Waals surface area contributed by atoms with Crippen LogP contribution in [0.4, 0.5) is 4.39 Å². The number of aromatic nitrogens is 4. The Hall–Kier alpha value is -1.40. The monoisotopic (exact) mass is 370 g/mol. The first-order valence-corrected chi connectivity index (χ1v) is 7.79. The largest absolute Gasteiger partial charge is 0.338 e. The molecule has 1 aromatic carbocycles. The third kappa shape index (κ3) is 2.70. The fourth-order valence-electron chi connectivity index (χ4n) is 2.37. The number of nitrogens with zero attached hydrogens (tertiary/aromatic N) is 4. The second-order valence-corrected chi connectivity index (χ2v) is 5.89. The maximum Gasteiger partial charge on any atom is 0.139 e. The minimum absolute atomic E-state index is 0.286. The molecule has 0 spiro atoms. The minimum atomic E-state index is -0.322. The lowest BCUT2D eigenvalue weighted by Gasteiger charge is -2.08. The van der Waals surface area contributed by atoms with Crippen molar-refractivity contribution in [1.82, 2.24) is 19.1 Å². The lowest BCUT2D eigenvalue weighted by molar-refractivity contribution is 0.622. The van der Waals surface area contributed by atoms with Crippen LogP contribution in [0, 0.1) is 5.82 Å². The third-order valence-corrected chi connectivity index (χ3v) is 4.32. The summed E-state index contributed by atoms with van der Waals surface area (Å²) in [5.41, 5.74) is 1.49. The van der Waals surface area contributed by atoms with Gasteiger partial charge in [-0.3, -0.25) is 0 Å². The first kappa shape index (κ1) is 14.5. The number of aryl methyl sites for hydroxylation is 3.